The highest BCUT2D eigenvalue weighted by Gasteiger charge is 2.18. The van der Waals surface area contributed by atoms with Crippen molar-refractivity contribution in [2.24, 2.45) is 0 Å². The zero-order valence-corrected chi connectivity index (χ0v) is 20.0. The minimum absolute atomic E-state index is 0.0837. The number of piperazine rings is 1. The van der Waals surface area contributed by atoms with E-state index in [-0.39, 0.29) is 5.91 Å². The van der Waals surface area contributed by atoms with Crippen LogP contribution in [0.25, 0.3) is 10.9 Å². The lowest BCUT2D eigenvalue weighted by Gasteiger charge is -2.34. The molecule has 0 aliphatic carbocycles. The molecular formula is C27H34N4O2. The molecule has 0 N–H and O–H groups in total. The van der Waals surface area contributed by atoms with Crippen LogP contribution in [0.3, 0.4) is 0 Å². The summed E-state index contributed by atoms with van der Waals surface area (Å²) in [4.78, 5) is 23.2. The van der Waals surface area contributed by atoms with Crippen molar-refractivity contribution in [2.75, 3.05) is 50.8 Å². The van der Waals surface area contributed by atoms with Gasteiger partial charge in [-0.15, -0.1) is 0 Å². The maximum absolute atomic E-state index is 11.9. The Bertz CT molecular complexity index is 1090. The molecule has 4 rings (SSSR count). The fourth-order valence-electron chi connectivity index (χ4n) is 4.48. The van der Waals surface area contributed by atoms with Crippen molar-refractivity contribution in [3.05, 3.63) is 65.9 Å². The van der Waals surface area contributed by atoms with E-state index in [1.165, 1.54) is 5.56 Å². The Kier molecular flexibility index (Phi) is 7.57. The molecule has 0 unspecified atom stereocenters. The number of benzene rings is 2. The van der Waals surface area contributed by atoms with Crippen molar-refractivity contribution in [3.8, 4) is 5.75 Å². The maximum atomic E-state index is 11.9. The van der Waals surface area contributed by atoms with Crippen LogP contribution in [-0.4, -0.2) is 66.6 Å². The first-order valence-corrected chi connectivity index (χ1v) is 11.8. The quantitative estimate of drug-likeness (QED) is 0.521. The second kappa shape index (κ2) is 10.8. The third-order valence-electron chi connectivity index (χ3n) is 6.29. The fourth-order valence-corrected chi connectivity index (χ4v) is 4.48. The second-order valence-corrected chi connectivity index (χ2v) is 8.67. The average molecular weight is 447 g/mol. The molecule has 0 spiro atoms. The molecule has 1 saturated heterocycles. The van der Waals surface area contributed by atoms with Crippen LogP contribution in [0.4, 0.5) is 5.69 Å². The topological polar surface area (TPSA) is 48.9 Å². The van der Waals surface area contributed by atoms with Crippen LogP contribution in [-0.2, 0) is 11.3 Å². The van der Waals surface area contributed by atoms with Crippen molar-refractivity contribution < 1.29 is 9.53 Å². The van der Waals surface area contributed by atoms with Gasteiger partial charge in [-0.05, 0) is 55.8 Å². The molecule has 1 aliphatic heterocycles. The highest BCUT2D eigenvalue weighted by Crippen LogP contribution is 2.24. The number of amides is 1. The molecular weight excluding hydrogens is 412 g/mol. The van der Waals surface area contributed by atoms with Gasteiger partial charge in [0.15, 0.2) is 0 Å². The second-order valence-electron chi connectivity index (χ2n) is 8.67. The first-order valence-electron chi connectivity index (χ1n) is 11.8. The standard InChI is InChI=1S/C27H34N4O2/c1-4-31(22(3)32)24-8-5-7-23(19-24)20-30-15-13-29(14-16-30)17-18-33-27-10-6-9-26-25(27)12-11-21(2)28-26/h5-12,19H,4,13-18,20H2,1-3H3. The number of nitrogens with zero attached hydrogens (tertiary/aromatic N) is 4. The molecule has 3 aromatic rings. The molecule has 1 aromatic heterocycles. The van der Waals surface area contributed by atoms with E-state index in [2.05, 4.69) is 33.0 Å². The van der Waals surface area contributed by atoms with Crippen molar-refractivity contribution >= 4 is 22.5 Å². The predicted molar refractivity (Wildman–Crippen MR) is 134 cm³/mol. The van der Waals surface area contributed by atoms with Gasteiger partial charge in [0.05, 0.1) is 5.52 Å². The van der Waals surface area contributed by atoms with Crippen molar-refractivity contribution in [3.63, 3.8) is 0 Å². The summed E-state index contributed by atoms with van der Waals surface area (Å²) in [6.07, 6.45) is 0. The SMILES string of the molecule is CCN(C(C)=O)c1cccc(CN2CCN(CCOc3cccc4nc(C)ccc34)CC2)c1. The molecule has 0 bridgehead atoms. The summed E-state index contributed by atoms with van der Waals surface area (Å²) in [5.41, 5.74) is 4.24. The molecule has 2 aromatic carbocycles. The smallest absolute Gasteiger partial charge is 0.223 e. The molecule has 0 saturated carbocycles. The third kappa shape index (κ3) is 5.89. The fraction of sp³-hybridized carbons (Fsp3) is 0.407. The van der Waals surface area contributed by atoms with Crippen molar-refractivity contribution in [2.45, 2.75) is 27.3 Å². The number of anilines is 1. The Hall–Kier alpha value is -2.96. The number of hydrogen-bond donors (Lipinski definition) is 0. The van der Waals surface area contributed by atoms with Crippen LogP contribution in [0.15, 0.2) is 54.6 Å². The van der Waals surface area contributed by atoms with Gasteiger partial charge in [-0.2, -0.15) is 0 Å². The van der Waals surface area contributed by atoms with E-state index in [1.54, 1.807) is 6.92 Å². The van der Waals surface area contributed by atoms with Gasteiger partial charge in [0.2, 0.25) is 5.91 Å². The van der Waals surface area contributed by atoms with Gasteiger partial charge in [-0.3, -0.25) is 19.6 Å². The van der Waals surface area contributed by atoms with Gasteiger partial charge in [0.1, 0.15) is 12.4 Å². The molecule has 0 atom stereocenters. The number of fused-ring (bicyclic) bond motifs is 1. The molecule has 1 aliphatic rings. The average Bonchev–Trinajstić information content (AvgIpc) is 2.80. The van der Waals surface area contributed by atoms with E-state index in [0.717, 1.165) is 67.3 Å². The summed E-state index contributed by atoms with van der Waals surface area (Å²) in [6, 6.07) is 18.5. The monoisotopic (exact) mass is 446 g/mol. The van der Waals surface area contributed by atoms with Gasteiger partial charge in [0, 0.05) is 69.5 Å². The van der Waals surface area contributed by atoms with Crippen LogP contribution in [0.1, 0.15) is 25.1 Å². The number of carbonyl (C=O) groups is 1. The predicted octanol–water partition coefficient (Wildman–Crippen LogP) is 4.11. The van der Waals surface area contributed by atoms with E-state index in [0.29, 0.717) is 13.2 Å². The minimum atomic E-state index is 0.0837. The summed E-state index contributed by atoms with van der Waals surface area (Å²) < 4.78 is 6.12. The molecule has 0 radical (unpaired) electrons. The Balaban J connectivity index is 1.25. The first kappa shape index (κ1) is 23.2. The van der Waals surface area contributed by atoms with Crippen LogP contribution in [0.2, 0.25) is 0 Å². The highest BCUT2D eigenvalue weighted by atomic mass is 16.5. The van der Waals surface area contributed by atoms with Crippen LogP contribution in [0, 0.1) is 6.92 Å². The van der Waals surface area contributed by atoms with E-state index in [4.69, 9.17) is 4.74 Å². The maximum Gasteiger partial charge on any atom is 0.223 e. The molecule has 174 valence electrons. The Morgan fingerprint density at radius 2 is 1.79 bits per heavy atom. The number of aryl methyl sites for hydroxylation is 1. The Labute approximate surface area is 196 Å². The zero-order chi connectivity index (χ0) is 23.2. The largest absolute Gasteiger partial charge is 0.492 e. The van der Waals surface area contributed by atoms with Crippen LogP contribution >= 0.6 is 0 Å². The number of aromatic nitrogens is 1. The summed E-state index contributed by atoms with van der Waals surface area (Å²) in [6.45, 7) is 13.0. The molecule has 1 fully saturated rings. The van der Waals surface area contributed by atoms with Crippen molar-refractivity contribution in [1.29, 1.82) is 0 Å². The van der Waals surface area contributed by atoms with E-state index in [1.807, 2.05) is 55.1 Å². The minimum Gasteiger partial charge on any atom is -0.492 e. The summed E-state index contributed by atoms with van der Waals surface area (Å²) in [5, 5.41) is 1.07. The lowest BCUT2D eigenvalue weighted by atomic mass is 10.1. The van der Waals surface area contributed by atoms with E-state index < -0.39 is 0 Å². The van der Waals surface area contributed by atoms with Gasteiger partial charge in [-0.25, -0.2) is 0 Å². The normalized spacial score (nSPS) is 15.0. The van der Waals surface area contributed by atoms with Crippen LogP contribution in [0.5, 0.6) is 5.75 Å². The lowest BCUT2D eigenvalue weighted by molar-refractivity contribution is -0.116. The third-order valence-corrected chi connectivity index (χ3v) is 6.29. The number of rotatable bonds is 8. The summed E-state index contributed by atoms with van der Waals surface area (Å²) >= 11 is 0. The van der Waals surface area contributed by atoms with Gasteiger partial charge < -0.3 is 9.64 Å². The van der Waals surface area contributed by atoms with Gasteiger partial charge in [0.25, 0.3) is 0 Å². The first-order chi connectivity index (χ1) is 16.0. The number of carbonyl (C=O) groups excluding carboxylic acids is 1. The summed E-state index contributed by atoms with van der Waals surface area (Å²) in [7, 11) is 0. The Morgan fingerprint density at radius 3 is 2.55 bits per heavy atom. The molecule has 6 heteroatoms. The van der Waals surface area contributed by atoms with E-state index >= 15 is 0 Å². The van der Waals surface area contributed by atoms with Gasteiger partial charge >= 0.3 is 0 Å². The number of pyridine rings is 1. The molecule has 2 heterocycles. The van der Waals surface area contributed by atoms with Crippen LogP contribution < -0.4 is 9.64 Å². The molecule has 33 heavy (non-hydrogen) atoms. The highest BCUT2D eigenvalue weighted by molar-refractivity contribution is 5.91. The summed E-state index contributed by atoms with van der Waals surface area (Å²) in [5.74, 6) is 0.991. The molecule has 6 nitrogen and oxygen atoms in total. The lowest BCUT2D eigenvalue weighted by Crippen LogP contribution is -2.47. The number of ether oxygens (including phenoxy) is 1. The van der Waals surface area contributed by atoms with Gasteiger partial charge in [-0.1, -0.05) is 18.2 Å². The molecule has 1 amide bonds. The van der Waals surface area contributed by atoms with Crippen molar-refractivity contribution in [1.82, 2.24) is 14.8 Å². The zero-order valence-electron chi connectivity index (χ0n) is 20.0. The van der Waals surface area contributed by atoms with E-state index in [9.17, 15) is 4.79 Å². The number of hydrogen-bond acceptors (Lipinski definition) is 5. The Morgan fingerprint density at radius 1 is 1.03 bits per heavy atom.